The largest absolute Gasteiger partial charge is 0.382 e. The fraction of sp³-hybridized carbons (Fsp3) is 0.636. The molecule has 0 amide bonds. The molecule has 1 aromatic heterocycles. The van der Waals surface area contributed by atoms with Crippen molar-refractivity contribution in [2.45, 2.75) is 19.8 Å². The van der Waals surface area contributed by atoms with Gasteiger partial charge in [-0.05, 0) is 18.3 Å². The number of hydrogen-bond acceptors (Lipinski definition) is 4. The normalized spacial score (nSPS) is 19.0. The zero-order valence-electron chi connectivity index (χ0n) is 9.67. The molecule has 1 fully saturated rings. The van der Waals surface area contributed by atoms with Crippen LogP contribution in [0.25, 0.3) is 0 Å². The first-order valence-electron chi connectivity index (χ1n) is 5.59. The molecule has 94 valence electrons. The van der Waals surface area contributed by atoms with E-state index in [4.69, 9.17) is 27.9 Å². The summed E-state index contributed by atoms with van der Waals surface area (Å²) in [6, 6.07) is 1.69. The van der Waals surface area contributed by atoms with Gasteiger partial charge in [-0.1, -0.05) is 30.1 Å². The van der Waals surface area contributed by atoms with Crippen LogP contribution < -0.4 is 5.32 Å². The Kier molecular flexibility index (Phi) is 4.07. The van der Waals surface area contributed by atoms with Gasteiger partial charge in [-0.3, -0.25) is 0 Å². The van der Waals surface area contributed by atoms with Crippen molar-refractivity contribution < 1.29 is 4.74 Å². The van der Waals surface area contributed by atoms with Crippen molar-refractivity contribution in [3.63, 3.8) is 0 Å². The molecule has 0 aromatic carbocycles. The third-order valence-corrected chi connectivity index (χ3v) is 3.59. The van der Waals surface area contributed by atoms with Crippen LogP contribution in [0.15, 0.2) is 6.07 Å². The van der Waals surface area contributed by atoms with E-state index in [-0.39, 0.29) is 5.41 Å². The second kappa shape index (κ2) is 5.38. The lowest BCUT2D eigenvalue weighted by atomic mass is 9.82. The minimum atomic E-state index is 0.233. The van der Waals surface area contributed by atoms with Crippen LogP contribution in [0.4, 0.5) is 5.69 Å². The highest BCUT2D eigenvalue weighted by atomic mass is 35.5. The summed E-state index contributed by atoms with van der Waals surface area (Å²) in [4.78, 5) is 0. The molecule has 2 heterocycles. The highest BCUT2D eigenvalue weighted by Gasteiger charge is 2.27. The Morgan fingerprint density at radius 3 is 2.76 bits per heavy atom. The number of anilines is 1. The maximum atomic E-state index is 5.94. The molecular formula is C11H15Cl2N3O. The van der Waals surface area contributed by atoms with E-state index >= 15 is 0 Å². The standard InChI is InChI=1S/C11H15Cl2N3O/c1-11(2-4-17-5-3-11)7-14-8-6-9(12)15-16-10(8)13/h6H,2-5,7H2,1H3,(H,14,15). The number of hydrogen-bond donors (Lipinski definition) is 1. The number of ether oxygens (including phenoxy) is 1. The van der Waals surface area contributed by atoms with E-state index in [0.717, 1.165) is 38.3 Å². The minimum absolute atomic E-state index is 0.233. The SMILES string of the molecule is CC1(CNc2cc(Cl)nnc2Cl)CCOCC1. The molecule has 0 bridgehead atoms. The summed E-state index contributed by atoms with van der Waals surface area (Å²) in [6.45, 7) is 4.72. The monoisotopic (exact) mass is 275 g/mol. The van der Waals surface area contributed by atoms with Crippen LogP contribution in [0.2, 0.25) is 10.3 Å². The molecule has 0 atom stereocenters. The number of nitrogens with one attached hydrogen (secondary N) is 1. The molecule has 2 rings (SSSR count). The Morgan fingerprint density at radius 2 is 2.06 bits per heavy atom. The van der Waals surface area contributed by atoms with Gasteiger partial charge in [-0.15, -0.1) is 10.2 Å². The molecule has 1 saturated heterocycles. The average Bonchev–Trinajstić information content (AvgIpc) is 2.31. The van der Waals surface area contributed by atoms with Crippen LogP contribution in [-0.4, -0.2) is 30.0 Å². The molecule has 6 heteroatoms. The van der Waals surface area contributed by atoms with Gasteiger partial charge in [0.15, 0.2) is 10.3 Å². The third-order valence-electron chi connectivity index (χ3n) is 3.12. The van der Waals surface area contributed by atoms with Gasteiger partial charge in [-0.2, -0.15) is 0 Å². The van der Waals surface area contributed by atoms with Crippen molar-refractivity contribution in [2.75, 3.05) is 25.1 Å². The van der Waals surface area contributed by atoms with E-state index in [9.17, 15) is 0 Å². The van der Waals surface area contributed by atoms with Gasteiger partial charge in [0.25, 0.3) is 0 Å². The lowest BCUT2D eigenvalue weighted by Crippen LogP contribution is -2.33. The molecule has 0 radical (unpaired) electrons. The van der Waals surface area contributed by atoms with E-state index in [0.29, 0.717) is 10.3 Å². The second-order valence-corrected chi connectivity index (χ2v) is 5.39. The van der Waals surface area contributed by atoms with Gasteiger partial charge < -0.3 is 10.1 Å². The Balaban J connectivity index is 1.99. The van der Waals surface area contributed by atoms with Gasteiger partial charge in [0.2, 0.25) is 0 Å². The van der Waals surface area contributed by atoms with Gasteiger partial charge in [0.05, 0.1) is 5.69 Å². The molecule has 0 spiro atoms. The molecule has 17 heavy (non-hydrogen) atoms. The molecular weight excluding hydrogens is 261 g/mol. The Morgan fingerprint density at radius 1 is 1.35 bits per heavy atom. The van der Waals surface area contributed by atoms with Crippen LogP contribution in [-0.2, 0) is 4.74 Å². The molecule has 1 aliphatic rings. The summed E-state index contributed by atoms with van der Waals surface area (Å²) in [5, 5.41) is 11.4. The Hall–Kier alpha value is -0.580. The van der Waals surface area contributed by atoms with Crippen molar-refractivity contribution in [3.8, 4) is 0 Å². The summed E-state index contributed by atoms with van der Waals surface area (Å²) >= 11 is 11.7. The first-order chi connectivity index (χ1) is 8.09. The maximum Gasteiger partial charge on any atom is 0.174 e. The lowest BCUT2D eigenvalue weighted by molar-refractivity contribution is 0.0300. The zero-order valence-corrected chi connectivity index (χ0v) is 11.2. The molecule has 0 unspecified atom stereocenters. The van der Waals surface area contributed by atoms with E-state index in [1.807, 2.05) is 0 Å². The molecule has 1 N–H and O–H groups in total. The van der Waals surface area contributed by atoms with Crippen molar-refractivity contribution in [1.82, 2.24) is 10.2 Å². The van der Waals surface area contributed by atoms with E-state index in [1.165, 1.54) is 0 Å². The number of aromatic nitrogens is 2. The fourth-order valence-corrected chi connectivity index (χ4v) is 2.13. The first kappa shape index (κ1) is 12.9. The summed E-state index contributed by atoms with van der Waals surface area (Å²) in [5.74, 6) is 0. The molecule has 0 saturated carbocycles. The van der Waals surface area contributed by atoms with Gasteiger partial charge in [0.1, 0.15) is 0 Å². The highest BCUT2D eigenvalue weighted by Crippen LogP contribution is 2.31. The summed E-state index contributed by atoms with van der Waals surface area (Å²) < 4.78 is 5.36. The maximum absolute atomic E-state index is 5.94. The molecule has 1 aromatic rings. The van der Waals surface area contributed by atoms with E-state index in [1.54, 1.807) is 6.07 Å². The van der Waals surface area contributed by atoms with Crippen molar-refractivity contribution in [3.05, 3.63) is 16.4 Å². The first-order valence-corrected chi connectivity index (χ1v) is 6.35. The fourth-order valence-electron chi connectivity index (χ4n) is 1.83. The summed E-state index contributed by atoms with van der Waals surface area (Å²) in [7, 11) is 0. The van der Waals surface area contributed by atoms with Crippen LogP contribution in [0.5, 0.6) is 0 Å². The minimum Gasteiger partial charge on any atom is -0.382 e. The Labute approximate surface area is 111 Å². The molecule has 0 aliphatic carbocycles. The van der Waals surface area contributed by atoms with Gasteiger partial charge >= 0.3 is 0 Å². The number of halogens is 2. The highest BCUT2D eigenvalue weighted by molar-refractivity contribution is 6.33. The van der Waals surface area contributed by atoms with Crippen LogP contribution in [0, 0.1) is 5.41 Å². The average molecular weight is 276 g/mol. The predicted molar refractivity (Wildman–Crippen MR) is 68.7 cm³/mol. The van der Waals surface area contributed by atoms with Crippen molar-refractivity contribution >= 4 is 28.9 Å². The summed E-state index contributed by atoms with van der Waals surface area (Å²) in [5.41, 5.74) is 0.969. The van der Waals surface area contributed by atoms with Crippen LogP contribution >= 0.6 is 23.2 Å². The number of nitrogens with zero attached hydrogens (tertiary/aromatic N) is 2. The quantitative estimate of drug-likeness (QED) is 0.921. The van der Waals surface area contributed by atoms with Crippen molar-refractivity contribution in [1.29, 1.82) is 0 Å². The predicted octanol–water partition coefficient (Wildman–Crippen LogP) is 3.01. The number of rotatable bonds is 3. The molecule has 1 aliphatic heterocycles. The lowest BCUT2D eigenvalue weighted by Gasteiger charge is -2.33. The zero-order chi connectivity index (χ0) is 12.3. The van der Waals surface area contributed by atoms with Crippen LogP contribution in [0.3, 0.4) is 0 Å². The smallest absolute Gasteiger partial charge is 0.174 e. The van der Waals surface area contributed by atoms with Gasteiger partial charge in [-0.25, -0.2) is 0 Å². The topological polar surface area (TPSA) is 47.0 Å². The van der Waals surface area contributed by atoms with E-state index in [2.05, 4.69) is 22.4 Å². The van der Waals surface area contributed by atoms with Crippen LogP contribution in [0.1, 0.15) is 19.8 Å². The summed E-state index contributed by atoms with van der Waals surface area (Å²) in [6.07, 6.45) is 2.09. The third kappa shape index (κ3) is 3.44. The Bertz CT molecular complexity index is 394. The van der Waals surface area contributed by atoms with Crippen molar-refractivity contribution in [2.24, 2.45) is 5.41 Å². The second-order valence-electron chi connectivity index (χ2n) is 4.65. The molecule has 4 nitrogen and oxygen atoms in total. The van der Waals surface area contributed by atoms with E-state index < -0.39 is 0 Å². The van der Waals surface area contributed by atoms with Gasteiger partial charge in [0, 0.05) is 25.8 Å².